The maximum Gasteiger partial charge on any atom is 0.156 e. The van der Waals surface area contributed by atoms with Crippen LogP contribution < -0.4 is 4.90 Å². The third kappa shape index (κ3) is 6.32. The fraction of sp³-hybridized carbons (Fsp3) is 0.128. The Balaban J connectivity index is 1.24. The summed E-state index contributed by atoms with van der Waals surface area (Å²) in [4.78, 5) is 12.5. The minimum Gasteiger partial charge on any atom is -0.337 e. The number of hydrogen-bond donors (Lipinski definition) is 0. The quantitative estimate of drug-likeness (QED) is 0.165. The largest absolute Gasteiger partial charge is 0.337 e. The highest BCUT2D eigenvalue weighted by molar-refractivity contribution is 5.91. The third-order valence-corrected chi connectivity index (χ3v) is 9.87. The Kier molecular flexibility index (Phi) is 9.04. The molecule has 3 heterocycles. The first-order valence-electron chi connectivity index (χ1n) is 17.9. The van der Waals surface area contributed by atoms with Crippen molar-refractivity contribution in [3.8, 4) is 23.0 Å². The number of hydrogen-bond acceptors (Lipinski definition) is 4. The summed E-state index contributed by atoms with van der Waals surface area (Å²) < 4.78 is 2.39. The number of para-hydroxylation sites is 3. The highest BCUT2D eigenvalue weighted by Crippen LogP contribution is 2.39. The summed E-state index contributed by atoms with van der Waals surface area (Å²) in [6.45, 7) is 4.74. The molecule has 2 aromatic heterocycles. The highest BCUT2D eigenvalue weighted by atomic mass is 15.1. The lowest BCUT2D eigenvalue weighted by Gasteiger charge is -2.27. The van der Waals surface area contributed by atoms with Gasteiger partial charge in [0.1, 0.15) is 0 Å². The van der Waals surface area contributed by atoms with Gasteiger partial charge >= 0.3 is 0 Å². The van der Waals surface area contributed by atoms with Crippen molar-refractivity contribution < 1.29 is 0 Å². The summed E-state index contributed by atoms with van der Waals surface area (Å²) in [7, 11) is 0. The molecule has 5 nitrogen and oxygen atoms in total. The minimum atomic E-state index is -0.164. The summed E-state index contributed by atoms with van der Waals surface area (Å²) in [6, 6.07) is 41.3. The van der Waals surface area contributed by atoms with Gasteiger partial charge in [-0.1, -0.05) is 109 Å². The Morgan fingerprint density at radius 1 is 0.827 bits per heavy atom. The average molecular weight is 674 g/mol. The second-order valence-corrected chi connectivity index (χ2v) is 13.3. The molecule has 0 saturated heterocycles. The molecule has 52 heavy (non-hydrogen) atoms. The number of benzene rings is 4. The van der Waals surface area contributed by atoms with E-state index in [1.165, 1.54) is 33.4 Å². The summed E-state index contributed by atoms with van der Waals surface area (Å²) in [5.41, 5.74) is 13.0. The first kappa shape index (κ1) is 32.7. The van der Waals surface area contributed by atoms with Gasteiger partial charge in [-0.2, -0.15) is 5.26 Å². The maximum absolute atomic E-state index is 9.64. The van der Waals surface area contributed by atoms with Crippen LogP contribution in [0.3, 0.4) is 0 Å². The molecule has 2 aliphatic rings. The van der Waals surface area contributed by atoms with Crippen LogP contribution in [0.25, 0.3) is 45.1 Å². The van der Waals surface area contributed by atoms with Gasteiger partial charge in [0.25, 0.3) is 0 Å². The molecule has 1 aliphatic carbocycles. The van der Waals surface area contributed by atoms with Crippen molar-refractivity contribution in [2.75, 3.05) is 4.90 Å². The van der Waals surface area contributed by atoms with Crippen LogP contribution in [0.4, 0.5) is 11.4 Å². The van der Waals surface area contributed by atoms with E-state index in [0.717, 1.165) is 52.3 Å². The second kappa shape index (κ2) is 14.4. The zero-order chi connectivity index (χ0) is 35.4. The van der Waals surface area contributed by atoms with Crippen LogP contribution in [0.5, 0.6) is 0 Å². The summed E-state index contributed by atoms with van der Waals surface area (Å²) in [6.07, 6.45) is 18.3. The number of rotatable bonds is 6. The number of allylic oxidation sites excluding steroid dienone is 9. The molecule has 252 valence electrons. The van der Waals surface area contributed by atoms with Gasteiger partial charge < -0.3 is 9.47 Å². The van der Waals surface area contributed by atoms with E-state index in [1.807, 2.05) is 44.2 Å². The molecule has 1 aliphatic heterocycles. The van der Waals surface area contributed by atoms with E-state index in [-0.39, 0.29) is 5.92 Å². The van der Waals surface area contributed by atoms with Gasteiger partial charge in [0, 0.05) is 33.6 Å². The minimum absolute atomic E-state index is 0.164. The lowest BCUT2D eigenvalue weighted by Crippen LogP contribution is -2.18. The molecular formula is C47H39N5. The topological polar surface area (TPSA) is 57.7 Å². The van der Waals surface area contributed by atoms with Crippen molar-refractivity contribution in [3.63, 3.8) is 0 Å². The van der Waals surface area contributed by atoms with E-state index in [2.05, 4.69) is 143 Å². The standard InChI is InChI=1S/C47H39N5/c1-3-4-14-33(2)47-49-42(30-43(50-47)37-18-12-15-34(29-37)31-48)35-25-27-38(28-26-35)51-32-41-40-21-9-11-23-45(40)52(39-19-6-5-7-20-39)46(41)24-13-17-36-16-8-10-22-44(36)51/h3-14,16,18-30,34H,15,17,32H2,1-2H3/b4-3-,24-13-,33-14+. The fourth-order valence-corrected chi connectivity index (χ4v) is 7.23. The van der Waals surface area contributed by atoms with E-state index >= 15 is 0 Å². The lowest BCUT2D eigenvalue weighted by atomic mass is 9.95. The molecular weight excluding hydrogens is 635 g/mol. The van der Waals surface area contributed by atoms with Crippen LogP contribution in [-0.2, 0) is 13.0 Å². The smallest absolute Gasteiger partial charge is 0.156 e. The number of nitriles is 1. The van der Waals surface area contributed by atoms with E-state index in [9.17, 15) is 5.26 Å². The molecule has 0 bridgehead atoms. The Morgan fingerprint density at radius 2 is 1.60 bits per heavy atom. The molecule has 1 atom stereocenters. The molecule has 1 unspecified atom stereocenters. The van der Waals surface area contributed by atoms with Crippen molar-refractivity contribution in [1.82, 2.24) is 14.5 Å². The van der Waals surface area contributed by atoms with Gasteiger partial charge in [0.05, 0.1) is 41.1 Å². The molecule has 0 fully saturated rings. The number of anilines is 2. The Hall–Kier alpha value is -6.51. The summed E-state index contributed by atoms with van der Waals surface area (Å²) in [5.74, 6) is 0.509. The molecule has 6 aromatic rings. The first-order chi connectivity index (χ1) is 25.6. The van der Waals surface area contributed by atoms with Gasteiger partial charge in [-0.25, -0.2) is 9.97 Å². The van der Waals surface area contributed by atoms with E-state index < -0.39 is 0 Å². The third-order valence-electron chi connectivity index (χ3n) is 9.87. The molecule has 0 spiro atoms. The number of fused-ring (bicyclic) bond motifs is 4. The molecule has 5 heteroatoms. The van der Waals surface area contributed by atoms with Crippen molar-refractivity contribution >= 4 is 39.5 Å². The second-order valence-electron chi connectivity index (χ2n) is 13.3. The number of aromatic nitrogens is 3. The van der Waals surface area contributed by atoms with Crippen LogP contribution in [0.2, 0.25) is 0 Å². The SMILES string of the molecule is C/C=C\C=C(/C)c1nc(C2=CC(C#N)CC=C2)cc(-c2ccc(N3Cc4c(n(-c5ccccc5)c5ccccc45)/C=C\Cc4ccccc43)cc2)n1. The highest BCUT2D eigenvalue weighted by Gasteiger charge is 2.23. The normalized spacial score (nSPS) is 16.4. The van der Waals surface area contributed by atoms with Crippen LogP contribution in [0.1, 0.15) is 48.6 Å². The van der Waals surface area contributed by atoms with Gasteiger partial charge in [0.2, 0.25) is 0 Å². The maximum atomic E-state index is 9.64. The predicted octanol–water partition coefficient (Wildman–Crippen LogP) is 11.5. The molecule has 0 radical (unpaired) electrons. The summed E-state index contributed by atoms with van der Waals surface area (Å²) >= 11 is 0. The zero-order valence-electron chi connectivity index (χ0n) is 29.4. The van der Waals surface area contributed by atoms with E-state index in [1.54, 1.807) is 0 Å². The lowest BCUT2D eigenvalue weighted by molar-refractivity contribution is 0.840. The summed E-state index contributed by atoms with van der Waals surface area (Å²) in [5, 5.41) is 10.9. The average Bonchev–Trinajstić information content (AvgIpc) is 3.55. The fourth-order valence-electron chi connectivity index (χ4n) is 7.23. The molecule has 0 N–H and O–H groups in total. The Morgan fingerprint density at radius 3 is 2.42 bits per heavy atom. The molecule has 8 rings (SSSR count). The molecule has 0 saturated carbocycles. The Labute approximate surface area is 305 Å². The number of nitrogens with zero attached hydrogens (tertiary/aromatic N) is 5. The van der Waals surface area contributed by atoms with Crippen molar-refractivity contribution in [3.05, 3.63) is 180 Å². The van der Waals surface area contributed by atoms with Crippen molar-refractivity contribution in [1.29, 1.82) is 5.26 Å². The van der Waals surface area contributed by atoms with Gasteiger partial charge in [-0.3, -0.25) is 0 Å². The van der Waals surface area contributed by atoms with Crippen molar-refractivity contribution in [2.24, 2.45) is 5.92 Å². The van der Waals surface area contributed by atoms with Gasteiger partial charge in [-0.05, 0) is 91.9 Å². The van der Waals surface area contributed by atoms with E-state index in [4.69, 9.17) is 9.97 Å². The van der Waals surface area contributed by atoms with Crippen molar-refractivity contribution in [2.45, 2.75) is 33.2 Å². The van der Waals surface area contributed by atoms with Gasteiger partial charge in [0.15, 0.2) is 5.82 Å². The van der Waals surface area contributed by atoms with Crippen LogP contribution in [0, 0.1) is 17.2 Å². The zero-order valence-corrected chi connectivity index (χ0v) is 29.4. The first-order valence-corrected chi connectivity index (χ1v) is 17.9. The van der Waals surface area contributed by atoms with E-state index in [0.29, 0.717) is 12.4 Å². The predicted molar refractivity (Wildman–Crippen MR) is 215 cm³/mol. The monoisotopic (exact) mass is 673 g/mol. The Bertz CT molecular complexity index is 2470. The van der Waals surface area contributed by atoms with Gasteiger partial charge in [-0.15, -0.1) is 0 Å². The van der Waals surface area contributed by atoms with Crippen LogP contribution in [0.15, 0.2) is 152 Å². The molecule has 0 amide bonds. The van der Waals surface area contributed by atoms with Crippen LogP contribution >= 0.6 is 0 Å². The van der Waals surface area contributed by atoms with Crippen LogP contribution in [-0.4, -0.2) is 14.5 Å². The molecule has 4 aromatic carbocycles.